The molecule has 1 aliphatic heterocycles. The van der Waals surface area contributed by atoms with Crippen molar-refractivity contribution in [2.75, 3.05) is 19.6 Å². The van der Waals surface area contributed by atoms with Crippen molar-refractivity contribution < 1.29 is 19.8 Å². The molecule has 0 aromatic rings. The molecule has 0 bridgehead atoms. The van der Waals surface area contributed by atoms with Crippen molar-refractivity contribution in [2.24, 2.45) is 0 Å². The van der Waals surface area contributed by atoms with Gasteiger partial charge in [0.1, 0.15) is 0 Å². The van der Waals surface area contributed by atoms with Gasteiger partial charge in [0.05, 0.1) is 0 Å². The molecule has 0 aromatic carbocycles. The lowest BCUT2D eigenvalue weighted by molar-refractivity contribution is -0.134. The zero-order valence-corrected chi connectivity index (χ0v) is 8.56. The second-order valence-electron chi connectivity index (χ2n) is 3.07. The highest BCUT2D eigenvalue weighted by Crippen LogP contribution is 1.80. The Morgan fingerprint density at radius 3 is 1.93 bits per heavy atom. The van der Waals surface area contributed by atoms with Gasteiger partial charge in [-0.1, -0.05) is 0 Å². The molecule has 0 aliphatic carbocycles. The largest absolute Gasteiger partial charge is 0.478 e. The number of carbonyl (C=O) groups is 2. The fraction of sp³-hybridized carbons (Fsp3) is 0.556. The van der Waals surface area contributed by atoms with Crippen LogP contribution in [-0.2, 0) is 9.59 Å². The minimum atomic E-state index is -1.26. The van der Waals surface area contributed by atoms with E-state index in [0.29, 0.717) is 18.2 Å². The lowest BCUT2D eigenvalue weighted by atomic mass is 10.3. The lowest BCUT2D eigenvalue weighted by Gasteiger charge is -2.19. The molecule has 1 rings (SSSR count). The number of rotatable bonds is 2. The Hall–Kier alpha value is -1.40. The van der Waals surface area contributed by atoms with Gasteiger partial charge in [0.15, 0.2) is 0 Å². The maximum atomic E-state index is 9.55. The van der Waals surface area contributed by atoms with Crippen molar-refractivity contribution in [1.29, 1.82) is 0 Å². The SMILES string of the molecule is CC1CNCCN1.O=C(O)/C=C/C(=O)O. The van der Waals surface area contributed by atoms with Crippen molar-refractivity contribution in [3.05, 3.63) is 12.2 Å². The molecular formula is C9H16N2O4. The van der Waals surface area contributed by atoms with Gasteiger partial charge in [-0.3, -0.25) is 0 Å². The van der Waals surface area contributed by atoms with Crippen molar-refractivity contribution >= 4 is 11.9 Å². The molecule has 0 saturated carbocycles. The Kier molecular flexibility index (Phi) is 7.21. The molecule has 15 heavy (non-hydrogen) atoms. The second-order valence-corrected chi connectivity index (χ2v) is 3.07. The summed E-state index contributed by atoms with van der Waals surface area (Å²) in [6, 6.07) is 0.675. The molecule has 0 aromatic heterocycles. The average Bonchev–Trinajstić information content (AvgIpc) is 2.17. The summed E-state index contributed by atoms with van der Waals surface area (Å²) in [7, 11) is 0. The van der Waals surface area contributed by atoms with E-state index in [2.05, 4.69) is 17.6 Å². The van der Waals surface area contributed by atoms with Crippen LogP contribution in [0, 0.1) is 0 Å². The van der Waals surface area contributed by atoms with E-state index in [9.17, 15) is 9.59 Å². The molecule has 0 radical (unpaired) electrons. The minimum absolute atomic E-state index is 0.558. The molecule has 1 saturated heterocycles. The van der Waals surface area contributed by atoms with Gasteiger partial charge in [-0.15, -0.1) is 0 Å². The van der Waals surface area contributed by atoms with Crippen LogP contribution in [0.15, 0.2) is 12.2 Å². The average molecular weight is 216 g/mol. The first-order valence-corrected chi connectivity index (χ1v) is 4.60. The topological polar surface area (TPSA) is 98.7 Å². The molecule has 0 spiro atoms. The van der Waals surface area contributed by atoms with Crippen LogP contribution in [0.1, 0.15) is 6.92 Å². The maximum absolute atomic E-state index is 9.55. The normalized spacial score (nSPS) is 20.5. The van der Waals surface area contributed by atoms with E-state index in [4.69, 9.17) is 10.2 Å². The van der Waals surface area contributed by atoms with E-state index >= 15 is 0 Å². The van der Waals surface area contributed by atoms with Crippen molar-refractivity contribution in [2.45, 2.75) is 13.0 Å². The lowest BCUT2D eigenvalue weighted by Crippen LogP contribution is -2.46. The number of nitrogens with one attached hydrogen (secondary N) is 2. The van der Waals surface area contributed by atoms with Gasteiger partial charge in [0.2, 0.25) is 0 Å². The molecule has 1 unspecified atom stereocenters. The zero-order valence-electron chi connectivity index (χ0n) is 8.56. The van der Waals surface area contributed by atoms with Gasteiger partial charge < -0.3 is 20.8 Å². The summed E-state index contributed by atoms with van der Waals surface area (Å²) in [5.74, 6) is -2.51. The van der Waals surface area contributed by atoms with Gasteiger partial charge >= 0.3 is 11.9 Å². The number of aliphatic carboxylic acids is 2. The number of hydrogen-bond acceptors (Lipinski definition) is 4. The summed E-state index contributed by atoms with van der Waals surface area (Å²) in [6.07, 6.45) is 1.12. The molecule has 1 aliphatic rings. The van der Waals surface area contributed by atoms with Crippen molar-refractivity contribution in [3.63, 3.8) is 0 Å². The van der Waals surface area contributed by atoms with E-state index in [1.807, 2.05) is 0 Å². The first-order valence-electron chi connectivity index (χ1n) is 4.60. The van der Waals surface area contributed by atoms with Gasteiger partial charge in [-0.25, -0.2) is 9.59 Å². The van der Waals surface area contributed by atoms with Crippen LogP contribution >= 0.6 is 0 Å². The van der Waals surface area contributed by atoms with E-state index in [1.165, 1.54) is 0 Å². The molecule has 1 heterocycles. The molecule has 1 fully saturated rings. The van der Waals surface area contributed by atoms with E-state index in [1.54, 1.807) is 0 Å². The first kappa shape index (κ1) is 13.6. The molecule has 6 nitrogen and oxygen atoms in total. The van der Waals surface area contributed by atoms with E-state index in [0.717, 1.165) is 19.6 Å². The highest BCUT2D eigenvalue weighted by Gasteiger charge is 2.03. The van der Waals surface area contributed by atoms with Crippen LogP contribution in [0.25, 0.3) is 0 Å². The first-order chi connectivity index (χ1) is 7.02. The number of piperazine rings is 1. The molecule has 1 atom stereocenters. The Morgan fingerprint density at radius 1 is 1.20 bits per heavy atom. The van der Waals surface area contributed by atoms with Crippen LogP contribution in [0.4, 0.5) is 0 Å². The third-order valence-electron chi connectivity index (χ3n) is 1.61. The fourth-order valence-corrected chi connectivity index (χ4v) is 0.940. The summed E-state index contributed by atoms with van der Waals surface area (Å²) in [5, 5.41) is 22.2. The predicted octanol–water partition coefficient (Wildman–Crippen LogP) is -0.720. The molecule has 4 N–H and O–H groups in total. The second kappa shape index (κ2) is 7.95. The van der Waals surface area contributed by atoms with Gasteiger partial charge in [-0.05, 0) is 6.92 Å². The highest BCUT2D eigenvalue weighted by molar-refractivity contribution is 5.89. The molecule has 6 heteroatoms. The number of carboxylic acid groups (broad SMARTS) is 2. The van der Waals surface area contributed by atoms with Crippen LogP contribution in [0.3, 0.4) is 0 Å². The van der Waals surface area contributed by atoms with Crippen LogP contribution in [0.2, 0.25) is 0 Å². The molecule has 86 valence electrons. The van der Waals surface area contributed by atoms with E-state index < -0.39 is 11.9 Å². The Morgan fingerprint density at radius 2 is 1.73 bits per heavy atom. The zero-order chi connectivity index (χ0) is 11.7. The summed E-state index contributed by atoms with van der Waals surface area (Å²) < 4.78 is 0. The standard InChI is InChI=1S/C5H12N2.C4H4O4/c1-5-4-6-2-3-7-5;5-3(6)1-2-4(7)8/h5-7H,2-4H2,1H3;1-2H,(H,5,6)(H,7,8)/b;2-1+. The van der Waals surface area contributed by atoms with Crippen LogP contribution < -0.4 is 10.6 Å². The molecule has 0 amide bonds. The maximum Gasteiger partial charge on any atom is 0.328 e. The van der Waals surface area contributed by atoms with Gasteiger partial charge in [0, 0.05) is 37.8 Å². The Bertz CT molecular complexity index is 218. The smallest absolute Gasteiger partial charge is 0.328 e. The quantitative estimate of drug-likeness (QED) is 0.455. The third kappa shape index (κ3) is 10.5. The fourth-order valence-electron chi connectivity index (χ4n) is 0.940. The van der Waals surface area contributed by atoms with Gasteiger partial charge in [0.25, 0.3) is 0 Å². The Balaban J connectivity index is 0.000000262. The summed E-state index contributed by atoms with van der Waals surface area (Å²) in [4.78, 5) is 19.1. The minimum Gasteiger partial charge on any atom is -0.478 e. The number of hydrogen-bond donors (Lipinski definition) is 4. The summed E-state index contributed by atoms with van der Waals surface area (Å²) in [5.41, 5.74) is 0. The third-order valence-corrected chi connectivity index (χ3v) is 1.61. The summed E-state index contributed by atoms with van der Waals surface area (Å²) >= 11 is 0. The van der Waals surface area contributed by atoms with Crippen molar-refractivity contribution in [3.8, 4) is 0 Å². The number of carboxylic acids is 2. The summed E-state index contributed by atoms with van der Waals surface area (Å²) in [6.45, 7) is 5.57. The molecular weight excluding hydrogens is 200 g/mol. The van der Waals surface area contributed by atoms with Crippen molar-refractivity contribution in [1.82, 2.24) is 10.6 Å². The van der Waals surface area contributed by atoms with Gasteiger partial charge in [-0.2, -0.15) is 0 Å². The predicted molar refractivity (Wildman–Crippen MR) is 54.7 cm³/mol. The highest BCUT2D eigenvalue weighted by atomic mass is 16.4. The monoisotopic (exact) mass is 216 g/mol. The van der Waals surface area contributed by atoms with Crippen LogP contribution in [-0.4, -0.2) is 47.8 Å². The Labute approximate surface area is 88.0 Å². The van der Waals surface area contributed by atoms with Crippen LogP contribution in [0.5, 0.6) is 0 Å². The van der Waals surface area contributed by atoms with E-state index in [-0.39, 0.29) is 0 Å².